The van der Waals surface area contributed by atoms with Crippen LogP contribution in [0.15, 0.2) is 0 Å². The molecule has 0 fully saturated rings. The first kappa shape index (κ1) is 8.43. The lowest BCUT2D eigenvalue weighted by Gasteiger charge is -2.06. The number of carbonyl (C=O) groups is 1. The molecule has 0 aromatic rings. The molecule has 1 N–H and O–H groups in total. The lowest BCUT2D eigenvalue weighted by atomic mass is 10.2. The summed E-state index contributed by atoms with van der Waals surface area (Å²) in [5, 5.41) is 2.88. The minimum Gasteiger partial charge on any atom is -0.469 e. The standard InChI is InChI=1S/C6H13NO2/c1-5(4-7-2)6(8)9-3/h5,7H,4H2,1-3H3. The Labute approximate surface area is 55.4 Å². The molecule has 0 aromatic heterocycles. The molecule has 0 aromatic carbocycles. The van der Waals surface area contributed by atoms with Gasteiger partial charge in [0.15, 0.2) is 0 Å². The van der Waals surface area contributed by atoms with E-state index in [0.717, 1.165) is 0 Å². The predicted molar refractivity (Wildman–Crippen MR) is 35.1 cm³/mol. The van der Waals surface area contributed by atoms with Crippen molar-refractivity contribution in [3.63, 3.8) is 0 Å². The van der Waals surface area contributed by atoms with E-state index in [4.69, 9.17) is 0 Å². The molecule has 0 rings (SSSR count). The summed E-state index contributed by atoms with van der Waals surface area (Å²) in [5.41, 5.74) is 0. The second-order valence-corrected chi connectivity index (χ2v) is 1.98. The van der Waals surface area contributed by atoms with Crippen LogP contribution in [0, 0.1) is 5.92 Å². The molecule has 9 heavy (non-hydrogen) atoms. The molecule has 0 saturated heterocycles. The molecule has 0 bridgehead atoms. The molecular weight excluding hydrogens is 118 g/mol. The lowest BCUT2D eigenvalue weighted by Crippen LogP contribution is -2.24. The van der Waals surface area contributed by atoms with E-state index in [0.29, 0.717) is 6.54 Å². The van der Waals surface area contributed by atoms with Crippen molar-refractivity contribution in [2.24, 2.45) is 5.92 Å². The minimum absolute atomic E-state index is 0.0417. The monoisotopic (exact) mass is 131 g/mol. The van der Waals surface area contributed by atoms with E-state index in [1.807, 2.05) is 6.92 Å². The highest BCUT2D eigenvalue weighted by molar-refractivity contribution is 5.71. The van der Waals surface area contributed by atoms with E-state index in [1.54, 1.807) is 7.05 Å². The van der Waals surface area contributed by atoms with Crippen LogP contribution < -0.4 is 5.32 Å². The molecule has 0 aliphatic rings. The number of hydrogen-bond acceptors (Lipinski definition) is 3. The molecule has 0 radical (unpaired) electrons. The van der Waals surface area contributed by atoms with Crippen LogP contribution in [0.3, 0.4) is 0 Å². The number of esters is 1. The Morgan fingerprint density at radius 2 is 2.33 bits per heavy atom. The number of carbonyl (C=O) groups excluding carboxylic acids is 1. The van der Waals surface area contributed by atoms with Gasteiger partial charge in [-0.3, -0.25) is 4.79 Å². The Kier molecular flexibility index (Phi) is 4.05. The summed E-state index contributed by atoms with van der Waals surface area (Å²) in [6.45, 7) is 2.50. The molecule has 0 heterocycles. The molecule has 0 saturated carbocycles. The van der Waals surface area contributed by atoms with Crippen LogP contribution in [0.4, 0.5) is 0 Å². The second kappa shape index (κ2) is 4.32. The van der Waals surface area contributed by atoms with Crippen LogP contribution in [0.2, 0.25) is 0 Å². The number of ether oxygens (including phenoxy) is 1. The Hall–Kier alpha value is -0.570. The summed E-state index contributed by atoms with van der Waals surface area (Å²) in [6.07, 6.45) is 0. The summed E-state index contributed by atoms with van der Waals surface area (Å²) in [5.74, 6) is -0.204. The van der Waals surface area contributed by atoms with Crippen molar-refractivity contribution in [1.29, 1.82) is 0 Å². The van der Waals surface area contributed by atoms with Crippen LogP contribution in [0.25, 0.3) is 0 Å². The van der Waals surface area contributed by atoms with Gasteiger partial charge in [0.05, 0.1) is 13.0 Å². The van der Waals surface area contributed by atoms with E-state index in [1.165, 1.54) is 7.11 Å². The van der Waals surface area contributed by atoms with Gasteiger partial charge in [-0.15, -0.1) is 0 Å². The van der Waals surface area contributed by atoms with Crippen LogP contribution in [-0.2, 0) is 9.53 Å². The molecule has 0 spiro atoms. The Morgan fingerprint density at radius 1 is 1.78 bits per heavy atom. The van der Waals surface area contributed by atoms with Gasteiger partial charge in [-0.2, -0.15) is 0 Å². The average Bonchev–Trinajstić information content (AvgIpc) is 1.87. The third-order valence-corrected chi connectivity index (χ3v) is 1.11. The molecule has 0 amide bonds. The summed E-state index contributed by atoms with van der Waals surface area (Å²) < 4.78 is 4.49. The van der Waals surface area contributed by atoms with Gasteiger partial charge in [0.25, 0.3) is 0 Å². The molecule has 54 valence electrons. The van der Waals surface area contributed by atoms with E-state index in [9.17, 15) is 4.79 Å². The number of nitrogens with one attached hydrogen (secondary N) is 1. The quantitative estimate of drug-likeness (QED) is 0.548. The minimum atomic E-state index is -0.163. The first-order valence-electron chi connectivity index (χ1n) is 2.94. The largest absolute Gasteiger partial charge is 0.469 e. The fourth-order valence-electron chi connectivity index (χ4n) is 0.591. The Balaban J connectivity index is 3.45. The third-order valence-electron chi connectivity index (χ3n) is 1.11. The number of hydrogen-bond donors (Lipinski definition) is 1. The Morgan fingerprint density at radius 3 is 2.67 bits per heavy atom. The van der Waals surface area contributed by atoms with Crippen molar-refractivity contribution in [1.82, 2.24) is 5.32 Å². The molecule has 1 unspecified atom stereocenters. The summed E-state index contributed by atoms with van der Waals surface area (Å²) >= 11 is 0. The van der Waals surface area contributed by atoms with Crippen LogP contribution >= 0.6 is 0 Å². The van der Waals surface area contributed by atoms with Crippen molar-refractivity contribution in [2.45, 2.75) is 6.92 Å². The molecular formula is C6H13NO2. The summed E-state index contributed by atoms with van der Waals surface area (Å²) in [7, 11) is 3.20. The van der Waals surface area contributed by atoms with Gasteiger partial charge in [-0.25, -0.2) is 0 Å². The maximum atomic E-state index is 10.6. The lowest BCUT2D eigenvalue weighted by molar-refractivity contribution is -0.144. The average molecular weight is 131 g/mol. The maximum absolute atomic E-state index is 10.6. The van der Waals surface area contributed by atoms with E-state index < -0.39 is 0 Å². The van der Waals surface area contributed by atoms with Crippen molar-refractivity contribution in [3.8, 4) is 0 Å². The van der Waals surface area contributed by atoms with E-state index in [2.05, 4.69) is 10.1 Å². The zero-order valence-corrected chi connectivity index (χ0v) is 6.10. The smallest absolute Gasteiger partial charge is 0.309 e. The highest BCUT2D eigenvalue weighted by atomic mass is 16.5. The molecule has 1 atom stereocenters. The highest BCUT2D eigenvalue weighted by Gasteiger charge is 2.10. The van der Waals surface area contributed by atoms with E-state index in [-0.39, 0.29) is 11.9 Å². The van der Waals surface area contributed by atoms with Gasteiger partial charge in [-0.1, -0.05) is 6.92 Å². The number of rotatable bonds is 3. The van der Waals surface area contributed by atoms with Gasteiger partial charge in [0.2, 0.25) is 0 Å². The van der Waals surface area contributed by atoms with Crippen molar-refractivity contribution in [3.05, 3.63) is 0 Å². The second-order valence-electron chi connectivity index (χ2n) is 1.98. The SMILES string of the molecule is CNCC(C)C(=O)OC. The van der Waals surface area contributed by atoms with Crippen molar-refractivity contribution in [2.75, 3.05) is 20.7 Å². The Bertz CT molecular complexity index is 93.1. The topological polar surface area (TPSA) is 38.3 Å². The van der Waals surface area contributed by atoms with Crippen molar-refractivity contribution >= 4 is 5.97 Å². The zero-order valence-electron chi connectivity index (χ0n) is 6.10. The van der Waals surface area contributed by atoms with Crippen LogP contribution in [0.1, 0.15) is 6.92 Å². The molecule has 0 aliphatic heterocycles. The fourth-order valence-corrected chi connectivity index (χ4v) is 0.591. The highest BCUT2D eigenvalue weighted by Crippen LogP contribution is 1.93. The third kappa shape index (κ3) is 3.08. The normalized spacial score (nSPS) is 12.8. The van der Waals surface area contributed by atoms with Gasteiger partial charge in [-0.05, 0) is 7.05 Å². The zero-order chi connectivity index (χ0) is 7.28. The fraction of sp³-hybridized carbons (Fsp3) is 0.833. The van der Waals surface area contributed by atoms with Gasteiger partial charge >= 0.3 is 5.97 Å². The van der Waals surface area contributed by atoms with Crippen LogP contribution in [-0.4, -0.2) is 26.7 Å². The van der Waals surface area contributed by atoms with Gasteiger partial charge in [0, 0.05) is 6.54 Å². The first-order chi connectivity index (χ1) is 4.22. The van der Waals surface area contributed by atoms with Crippen molar-refractivity contribution < 1.29 is 9.53 Å². The molecule has 3 heteroatoms. The molecule has 0 aliphatic carbocycles. The maximum Gasteiger partial charge on any atom is 0.309 e. The van der Waals surface area contributed by atoms with Gasteiger partial charge < -0.3 is 10.1 Å². The van der Waals surface area contributed by atoms with Gasteiger partial charge in [0.1, 0.15) is 0 Å². The number of methoxy groups -OCH3 is 1. The van der Waals surface area contributed by atoms with Crippen LogP contribution in [0.5, 0.6) is 0 Å². The molecule has 3 nitrogen and oxygen atoms in total. The first-order valence-corrected chi connectivity index (χ1v) is 2.94. The summed E-state index contributed by atoms with van der Waals surface area (Å²) in [6, 6.07) is 0. The summed E-state index contributed by atoms with van der Waals surface area (Å²) in [4.78, 5) is 10.6. The predicted octanol–water partition coefficient (Wildman–Crippen LogP) is 0.0149. The van der Waals surface area contributed by atoms with E-state index >= 15 is 0 Å².